The van der Waals surface area contributed by atoms with Crippen molar-refractivity contribution in [2.75, 3.05) is 19.8 Å². The van der Waals surface area contributed by atoms with Crippen molar-refractivity contribution in [1.29, 1.82) is 0 Å². The van der Waals surface area contributed by atoms with Gasteiger partial charge in [0, 0.05) is 25.2 Å². The highest BCUT2D eigenvalue weighted by atomic mass is 16.6. The molecular formula is C13H18N2O3. The zero-order valence-corrected chi connectivity index (χ0v) is 10.5. The molecule has 0 unspecified atom stereocenters. The van der Waals surface area contributed by atoms with E-state index in [1.807, 2.05) is 6.92 Å². The van der Waals surface area contributed by atoms with Crippen molar-refractivity contribution in [3.63, 3.8) is 0 Å². The van der Waals surface area contributed by atoms with Crippen molar-refractivity contribution in [2.45, 2.75) is 13.5 Å². The van der Waals surface area contributed by atoms with Gasteiger partial charge < -0.3 is 10.1 Å². The van der Waals surface area contributed by atoms with Crippen LogP contribution in [0.1, 0.15) is 12.5 Å². The molecule has 0 fully saturated rings. The summed E-state index contributed by atoms with van der Waals surface area (Å²) < 4.78 is 5.33. The summed E-state index contributed by atoms with van der Waals surface area (Å²) in [7, 11) is 0. The number of ether oxygens (including phenoxy) is 1. The lowest BCUT2D eigenvalue weighted by molar-refractivity contribution is -0.384. The zero-order valence-electron chi connectivity index (χ0n) is 10.5. The van der Waals surface area contributed by atoms with Gasteiger partial charge in [0.2, 0.25) is 0 Å². The van der Waals surface area contributed by atoms with E-state index >= 15 is 0 Å². The molecule has 5 nitrogen and oxygen atoms in total. The lowest BCUT2D eigenvalue weighted by Crippen LogP contribution is -2.19. The van der Waals surface area contributed by atoms with Crippen LogP contribution >= 0.6 is 0 Å². The molecule has 0 saturated heterocycles. The normalized spacial score (nSPS) is 10.3. The molecule has 0 amide bonds. The van der Waals surface area contributed by atoms with Gasteiger partial charge >= 0.3 is 0 Å². The van der Waals surface area contributed by atoms with Gasteiger partial charge in [-0.15, -0.1) is 0 Å². The molecule has 18 heavy (non-hydrogen) atoms. The van der Waals surface area contributed by atoms with Crippen LogP contribution in [-0.2, 0) is 11.3 Å². The standard InChI is InChI=1S/C13H18N2O3/c1-11(2)10-18-8-7-14-9-12-3-5-13(6-4-12)15(16)17/h3-6,14H,1,7-10H2,2H3. The van der Waals surface area contributed by atoms with E-state index in [-0.39, 0.29) is 5.69 Å². The maximum atomic E-state index is 10.5. The Bertz CT molecular complexity index is 401. The third-order valence-corrected chi connectivity index (χ3v) is 2.25. The second-order valence-corrected chi connectivity index (χ2v) is 4.11. The van der Waals surface area contributed by atoms with Gasteiger partial charge in [0.05, 0.1) is 18.1 Å². The first-order chi connectivity index (χ1) is 8.59. The Balaban J connectivity index is 2.19. The molecule has 0 aliphatic heterocycles. The number of rotatable bonds is 8. The fraction of sp³-hybridized carbons (Fsp3) is 0.385. The highest BCUT2D eigenvalue weighted by Crippen LogP contribution is 2.11. The largest absolute Gasteiger partial charge is 0.376 e. The van der Waals surface area contributed by atoms with Crippen LogP contribution in [0.3, 0.4) is 0 Å². The minimum atomic E-state index is -0.400. The molecule has 0 heterocycles. The van der Waals surface area contributed by atoms with Gasteiger partial charge in [0.1, 0.15) is 0 Å². The molecular weight excluding hydrogens is 232 g/mol. The molecule has 0 atom stereocenters. The number of non-ortho nitro benzene ring substituents is 1. The molecule has 0 spiro atoms. The van der Waals surface area contributed by atoms with E-state index in [4.69, 9.17) is 4.74 Å². The first-order valence-corrected chi connectivity index (χ1v) is 5.76. The highest BCUT2D eigenvalue weighted by Gasteiger charge is 2.03. The molecule has 0 radical (unpaired) electrons. The summed E-state index contributed by atoms with van der Waals surface area (Å²) in [6.07, 6.45) is 0. The van der Waals surface area contributed by atoms with Crippen LogP contribution in [0.15, 0.2) is 36.4 Å². The molecule has 0 aliphatic rings. The summed E-state index contributed by atoms with van der Waals surface area (Å²) in [6, 6.07) is 6.52. The van der Waals surface area contributed by atoms with Gasteiger partial charge in [-0.1, -0.05) is 24.3 Å². The summed E-state index contributed by atoms with van der Waals surface area (Å²) in [6.45, 7) is 8.29. The minimum absolute atomic E-state index is 0.114. The fourth-order valence-corrected chi connectivity index (χ4v) is 1.36. The predicted octanol–water partition coefficient (Wildman–Crippen LogP) is 2.28. The van der Waals surface area contributed by atoms with Gasteiger partial charge in [-0.3, -0.25) is 10.1 Å². The third kappa shape index (κ3) is 5.56. The Morgan fingerprint density at radius 2 is 2.11 bits per heavy atom. The topological polar surface area (TPSA) is 64.4 Å². The molecule has 0 saturated carbocycles. The summed E-state index contributed by atoms with van der Waals surface area (Å²) in [4.78, 5) is 10.1. The highest BCUT2D eigenvalue weighted by molar-refractivity contribution is 5.32. The van der Waals surface area contributed by atoms with Crippen LogP contribution in [0.2, 0.25) is 0 Å². The van der Waals surface area contributed by atoms with Gasteiger partial charge in [-0.05, 0) is 12.5 Å². The molecule has 0 aromatic heterocycles. The lowest BCUT2D eigenvalue weighted by atomic mass is 10.2. The quantitative estimate of drug-likeness (QED) is 0.333. The van der Waals surface area contributed by atoms with E-state index in [0.717, 1.165) is 17.7 Å². The fourth-order valence-electron chi connectivity index (χ4n) is 1.36. The number of nitrogens with one attached hydrogen (secondary N) is 1. The van der Waals surface area contributed by atoms with Crippen LogP contribution in [0.25, 0.3) is 0 Å². The van der Waals surface area contributed by atoms with E-state index < -0.39 is 4.92 Å². The number of hydrogen-bond acceptors (Lipinski definition) is 4. The van der Waals surface area contributed by atoms with Crippen LogP contribution in [0, 0.1) is 10.1 Å². The van der Waals surface area contributed by atoms with Gasteiger partial charge in [0.25, 0.3) is 5.69 Å². The molecule has 1 N–H and O–H groups in total. The van der Waals surface area contributed by atoms with E-state index in [1.165, 1.54) is 12.1 Å². The Kier molecular flexibility index (Phi) is 6.04. The average molecular weight is 250 g/mol. The zero-order chi connectivity index (χ0) is 13.4. The molecule has 98 valence electrons. The van der Waals surface area contributed by atoms with Crippen molar-refractivity contribution < 1.29 is 9.66 Å². The van der Waals surface area contributed by atoms with Gasteiger partial charge in [-0.25, -0.2) is 0 Å². The van der Waals surface area contributed by atoms with Crippen LogP contribution < -0.4 is 5.32 Å². The van der Waals surface area contributed by atoms with Crippen LogP contribution in [-0.4, -0.2) is 24.7 Å². The van der Waals surface area contributed by atoms with Gasteiger partial charge in [-0.2, -0.15) is 0 Å². The molecule has 1 aromatic rings. The molecule has 5 heteroatoms. The summed E-state index contributed by atoms with van der Waals surface area (Å²) in [5, 5.41) is 13.7. The van der Waals surface area contributed by atoms with Crippen LogP contribution in [0.4, 0.5) is 5.69 Å². The Morgan fingerprint density at radius 3 is 2.67 bits per heavy atom. The smallest absolute Gasteiger partial charge is 0.269 e. The monoisotopic (exact) mass is 250 g/mol. The molecule has 0 aliphatic carbocycles. The number of hydrogen-bond donors (Lipinski definition) is 1. The average Bonchev–Trinajstić information content (AvgIpc) is 2.34. The van der Waals surface area contributed by atoms with E-state index in [0.29, 0.717) is 19.8 Å². The summed E-state index contributed by atoms with van der Waals surface area (Å²) >= 11 is 0. The summed E-state index contributed by atoms with van der Waals surface area (Å²) in [5.41, 5.74) is 2.13. The second kappa shape index (κ2) is 7.58. The number of nitrogens with zero attached hydrogens (tertiary/aromatic N) is 1. The molecule has 1 rings (SSSR count). The predicted molar refractivity (Wildman–Crippen MR) is 70.4 cm³/mol. The van der Waals surface area contributed by atoms with Crippen molar-refractivity contribution in [2.24, 2.45) is 0 Å². The van der Waals surface area contributed by atoms with Crippen molar-refractivity contribution in [1.82, 2.24) is 5.32 Å². The van der Waals surface area contributed by atoms with Crippen molar-refractivity contribution in [3.8, 4) is 0 Å². The SMILES string of the molecule is C=C(C)COCCNCc1ccc([N+](=O)[O-])cc1. The minimum Gasteiger partial charge on any atom is -0.376 e. The molecule has 1 aromatic carbocycles. The van der Waals surface area contributed by atoms with Crippen molar-refractivity contribution >= 4 is 5.69 Å². The first-order valence-electron chi connectivity index (χ1n) is 5.76. The Morgan fingerprint density at radius 1 is 1.44 bits per heavy atom. The maximum absolute atomic E-state index is 10.5. The van der Waals surface area contributed by atoms with Crippen LogP contribution in [0.5, 0.6) is 0 Å². The first kappa shape index (κ1) is 14.3. The summed E-state index contributed by atoms with van der Waals surface area (Å²) in [5.74, 6) is 0. The maximum Gasteiger partial charge on any atom is 0.269 e. The van der Waals surface area contributed by atoms with E-state index in [1.54, 1.807) is 12.1 Å². The molecule has 0 bridgehead atoms. The Hall–Kier alpha value is -1.72. The number of benzene rings is 1. The van der Waals surface area contributed by atoms with Gasteiger partial charge in [0.15, 0.2) is 0 Å². The lowest BCUT2D eigenvalue weighted by Gasteiger charge is -2.06. The second-order valence-electron chi connectivity index (χ2n) is 4.11. The van der Waals surface area contributed by atoms with Crippen molar-refractivity contribution in [3.05, 3.63) is 52.1 Å². The number of nitro groups is 1. The Labute approximate surface area is 107 Å². The van der Waals surface area contributed by atoms with E-state index in [2.05, 4.69) is 11.9 Å². The third-order valence-electron chi connectivity index (χ3n) is 2.25. The number of nitro benzene ring substituents is 1. The van der Waals surface area contributed by atoms with E-state index in [9.17, 15) is 10.1 Å².